The van der Waals surface area contributed by atoms with Gasteiger partial charge < -0.3 is 0 Å². The van der Waals surface area contributed by atoms with Gasteiger partial charge in [0.05, 0.1) is 34.9 Å². The lowest BCUT2D eigenvalue weighted by molar-refractivity contribution is 0.493. The maximum absolute atomic E-state index is 10.2. The Bertz CT molecular complexity index is 2310. The van der Waals surface area contributed by atoms with Crippen LogP contribution < -0.4 is 15.9 Å². The Hall–Kier alpha value is -4.26. The quantitative estimate of drug-likeness (QED) is 0.0960. The van der Waals surface area contributed by atoms with Crippen molar-refractivity contribution in [2.45, 2.75) is 25.4 Å². The van der Waals surface area contributed by atoms with Gasteiger partial charge in [-0.25, -0.2) is 0 Å². The van der Waals surface area contributed by atoms with E-state index in [1.807, 2.05) is 91.0 Å². The van der Waals surface area contributed by atoms with Crippen molar-refractivity contribution in [3.05, 3.63) is 197 Å². The molecule has 0 aliphatic rings. The summed E-state index contributed by atoms with van der Waals surface area (Å²) < 4.78 is 0. The zero-order valence-electron chi connectivity index (χ0n) is 31.2. The molecule has 6 rings (SSSR count). The summed E-state index contributed by atoms with van der Waals surface area (Å²) in [5.74, 6) is 0. The molecule has 0 amide bonds. The van der Waals surface area contributed by atoms with Crippen LogP contribution in [0.5, 0.6) is 0 Å². The summed E-state index contributed by atoms with van der Waals surface area (Å²) >= 11 is 21.1. The normalized spacial score (nSPS) is 15.3. The van der Waals surface area contributed by atoms with E-state index < -0.39 is 23.5 Å². The van der Waals surface area contributed by atoms with Crippen molar-refractivity contribution in [3.8, 4) is 18.2 Å². The fourth-order valence-corrected chi connectivity index (χ4v) is 24.0. The molecule has 9 heteroatoms. The summed E-state index contributed by atoms with van der Waals surface area (Å²) in [6.45, 7) is 2.35. The molecule has 3 unspecified atom stereocenters. The van der Waals surface area contributed by atoms with Gasteiger partial charge in [0.2, 0.25) is 0 Å². The largest absolute Gasteiger partial charge is 0.192 e. The molecule has 56 heavy (non-hydrogen) atoms. The number of nitriles is 3. The Morgan fingerprint density at radius 1 is 0.393 bits per heavy atom. The molecule has 278 valence electrons. The smallest absolute Gasteiger partial charge is 0.0994 e. The second-order valence-electron chi connectivity index (χ2n) is 14.7. The molecule has 0 heterocycles. The van der Waals surface area contributed by atoms with Crippen molar-refractivity contribution in [2.24, 2.45) is 5.41 Å². The SMILES string of the molecule is CC(CP(=S)(Cc1ccccc1C#N)c1ccccc1)(CP(=S)(Cc1ccccc1C#N)c1ccccc1)CP(=S)(Cc1ccccc1C#N)c1ccccc1. The van der Waals surface area contributed by atoms with Gasteiger partial charge >= 0.3 is 0 Å². The zero-order chi connectivity index (χ0) is 39.7. The highest BCUT2D eigenvalue weighted by molar-refractivity contribution is 8.19. The van der Waals surface area contributed by atoms with Gasteiger partial charge in [-0.2, -0.15) is 15.8 Å². The molecule has 0 aliphatic heterocycles. The first-order chi connectivity index (χ1) is 27.0. The van der Waals surface area contributed by atoms with E-state index in [1.54, 1.807) is 0 Å². The topological polar surface area (TPSA) is 71.4 Å². The van der Waals surface area contributed by atoms with Crippen molar-refractivity contribution >= 4 is 69.4 Å². The lowest BCUT2D eigenvalue weighted by atomic mass is 9.99. The second-order valence-corrected chi connectivity index (χ2v) is 29.8. The maximum atomic E-state index is 10.2. The minimum atomic E-state index is -2.49. The average molecular weight is 838 g/mol. The van der Waals surface area contributed by atoms with Crippen molar-refractivity contribution in [2.75, 3.05) is 18.5 Å². The molecule has 0 fully saturated rings. The van der Waals surface area contributed by atoms with Gasteiger partial charge in [-0.15, -0.1) is 0 Å². The van der Waals surface area contributed by atoms with Gasteiger partial charge in [-0.3, -0.25) is 0 Å². The summed E-state index contributed by atoms with van der Waals surface area (Å²) in [5, 5.41) is 34.0. The number of hydrogen-bond donors (Lipinski definition) is 0. The lowest BCUT2D eigenvalue weighted by Gasteiger charge is -2.43. The van der Waals surface area contributed by atoms with Gasteiger partial charge in [0.1, 0.15) is 0 Å². The van der Waals surface area contributed by atoms with Gasteiger partial charge in [0, 0.05) is 18.5 Å². The van der Waals surface area contributed by atoms with Gasteiger partial charge in [-0.1, -0.05) is 188 Å². The Labute approximate surface area is 347 Å². The molecule has 0 saturated carbocycles. The fraction of sp³-hybridized carbons (Fsp3) is 0.170. The minimum Gasteiger partial charge on any atom is -0.192 e. The molecule has 0 radical (unpaired) electrons. The zero-order valence-corrected chi connectivity index (χ0v) is 36.4. The Kier molecular flexibility index (Phi) is 13.5. The standard InChI is InChI=1S/C47H42N3P3S3/c1-47(35-51(54,44-23-5-2-6-24-44)32-41-20-14-11-17-38(41)29-48,36-52(55,45-25-7-3-8-26-45)33-42-21-15-12-18-39(42)30-49)37-53(56,46-27-9-4-10-28-46)34-43-22-16-13-19-40(43)31-50/h2-28H,32-37H2,1H3. The predicted molar refractivity (Wildman–Crippen MR) is 248 cm³/mol. The first-order valence-corrected chi connectivity index (χ1v) is 27.9. The van der Waals surface area contributed by atoms with Gasteiger partial charge in [0.15, 0.2) is 0 Å². The average Bonchev–Trinajstić information content (AvgIpc) is 3.22. The van der Waals surface area contributed by atoms with Crippen LogP contribution in [0.25, 0.3) is 0 Å². The van der Waals surface area contributed by atoms with Crippen molar-refractivity contribution in [3.63, 3.8) is 0 Å². The molecule has 0 spiro atoms. The fourth-order valence-electron chi connectivity index (χ4n) is 7.94. The van der Waals surface area contributed by atoms with Crippen LogP contribution in [0.4, 0.5) is 0 Å². The van der Waals surface area contributed by atoms with E-state index in [0.29, 0.717) is 53.7 Å². The molecule has 0 aliphatic carbocycles. The summed E-state index contributed by atoms with van der Waals surface area (Å²) in [7, 11) is 0. The van der Waals surface area contributed by atoms with Crippen LogP contribution in [0.2, 0.25) is 0 Å². The van der Waals surface area contributed by atoms with Crippen LogP contribution in [0, 0.1) is 39.4 Å². The minimum absolute atomic E-state index is 0.479. The number of nitrogens with zero attached hydrogens (tertiary/aromatic N) is 3. The molecule has 3 atom stereocenters. The highest BCUT2D eigenvalue weighted by atomic mass is 32.4. The van der Waals surface area contributed by atoms with E-state index in [2.05, 4.69) is 97.9 Å². The summed E-state index contributed by atoms with van der Waals surface area (Å²) in [4.78, 5) is 0. The Morgan fingerprint density at radius 3 is 0.875 bits per heavy atom. The van der Waals surface area contributed by atoms with Crippen molar-refractivity contribution in [1.29, 1.82) is 15.8 Å². The Morgan fingerprint density at radius 2 is 0.625 bits per heavy atom. The molecular weight excluding hydrogens is 796 g/mol. The van der Waals surface area contributed by atoms with Crippen LogP contribution in [-0.2, 0) is 53.9 Å². The van der Waals surface area contributed by atoms with Crippen LogP contribution in [-0.4, -0.2) is 18.5 Å². The molecule has 6 aromatic rings. The second kappa shape index (κ2) is 18.3. The van der Waals surface area contributed by atoms with E-state index >= 15 is 0 Å². The third-order valence-corrected chi connectivity index (χ3v) is 24.6. The summed E-state index contributed by atoms with van der Waals surface area (Å²) in [6.07, 6.45) is 3.79. The van der Waals surface area contributed by atoms with Crippen LogP contribution in [0.15, 0.2) is 164 Å². The van der Waals surface area contributed by atoms with Gasteiger partial charge in [-0.05, 0) is 92.8 Å². The van der Waals surface area contributed by atoms with Gasteiger partial charge in [0.25, 0.3) is 0 Å². The van der Waals surface area contributed by atoms with E-state index in [4.69, 9.17) is 35.4 Å². The highest BCUT2D eigenvalue weighted by Gasteiger charge is 2.42. The molecule has 0 aromatic heterocycles. The van der Waals surface area contributed by atoms with Crippen molar-refractivity contribution in [1.82, 2.24) is 0 Å². The van der Waals surface area contributed by atoms with Crippen LogP contribution >= 0.6 is 18.1 Å². The molecule has 0 bridgehead atoms. The van der Waals surface area contributed by atoms with E-state index in [0.717, 1.165) is 32.6 Å². The summed E-state index contributed by atoms with van der Waals surface area (Å²) in [6, 6.07) is 54.6. The molecule has 0 N–H and O–H groups in total. The van der Waals surface area contributed by atoms with Crippen LogP contribution in [0.3, 0.4) is 0 Å². The third-order valence-electron chi connectivity index (χ3n) is 10.3. The summed E-state index contributed by atoms with van der Waals surface area (Å²) in [5.41, 5.74) is 4.33. The molecule has 0 saturated heterocycles. The molecule has 6 aromatic carbocycles. The van der Waals surface area contributed by atoms with E-state index in [-0.39, 0.29) is 0 Å². The number of rotatable bonds is 15. The monoisotopic (exact) mass is 837 g/mol. The first kappa shape index (κ1) is 41.4. The molecular formula is C47H42N3P3S3. The first-order valence-electron chi connectivity index (χ1n) is 18.4. The predicted octanol–water partition coefficient (Wildman–Crippen LogP) is 10.6. The maximum Gasteiger partial charge on any atom is 0.0994 e. The molecule has 3 nitrogen and oxygen atoms in total. The third kappa shape index (κ3) is 9.81. The van der Waals surface area contributed by atoms with E-state index in [1.165, 1.54) is 0 Å². The number of benzene rings is 6. The van der Waals surface area contributed by atoms with Crippen molar-refractivity contribution < 1.29 is 0 Å². The number of hydrogen-bond acceptors (Lipinski definition) is 6. The highest BCUT2D eigenvalue weighted by Crippen LogP contribution is 2.63. The Balaban J connectivity index is 1.58. The lowest BCUT2D eigenvalue weighted by Crippen LogP contribution is -2.36. The van der Waals surface area contributed by atoms with Crippen LogP contribution in [0.1, 0.15) is 40.3 Å². The van der Waals surface area contributed by atoms with E-state index in [9.17, 15) is 15.8 Å².